The minimum Gasteiger partial charge on any atom is -0.508 e. The summed E-state index contributed by atoms with van der Waals surface area (Å²) in [6.07, 6.45) is 2.11. The number of aliphatic hydroxyl groups excluding tert-OH is 1. The highest BCUT2D eigenvalue weighted by molar-refractivity contribution is 5.51. The number of aliphatic hydroxyl groups is 1. The molecule has 1 saturated heterocycles. The fourth-order valence-electron chi connectivity index (χ4n) is 2.60. The van der Waals surface area contributed by atoms with Crippen LogP contribution in [0.3, 0.4) is 0 Å². The summed E-state index contributed by atoms with van der Waals surface area (Å²) in [4.78, 5) is 0. The maximum Gasteiger partial charge on any atom is 0.155 e. The van der Waals surface area contributed by atoms with E-state index >= 15 is 0 Å². The van der Waals surface area contributed by atoms with Gasteiger partial charge in [0, 0.05) is 6.42 Å². The summed E-state index contributed by atoms with van der Waals surface area (Å²) in [5, 5.41) is 29.4. The van der Waals surface area contributed by atoms with Crippen LogP contribution in [-0.2, 0) is 11.2 Å². The van der Waals surface area contributed by atoms with Crippen molar-refractivity contribution in [3.8, 4) is 11.5 Å². The Labute approximate surface area is 113 Å². The van der Waals surface area contributed by atoms with Crippen molar-refractivity contribution in [3.05, 3.63) is 22.8 Å². The van der Waals surface area contributed by atoms with E-state index in [1.807, 2.05) is 6.92 Å². The van der Waals surface area contributed by atoms with Crippen LogP contribution < -0.4 is 0 Å². The number of hydrogen-bond donors (Lipinski definition) is 3. The van der Waals surface area contributed by atoms with Crippen molar-refractivity contribution in [3.63, 3.8) is 0 Å². The molecule has 0 aromatic heterocycles. The molecule has 4 nitrogen and oxygen atoms in total. The van der Waals surface area contributed by atoms with Gasteiger partial charge in [0.1, 0.15) is 11.5 Å². The maximum atomic E-state index is 10.1. The standard InChI is InChI=1S/C15H22O4/c1-9-10(2)14(18)11(8-12(9)16)4-6-15(3)7-5-13(17)19-15/h8,13,16-18H,4-7H2,1-3H3. The first kappa shape index (κ1) is 14.2. The summed E-state index contributed by atoms with van der Waals surface area (Å²) in [6.45, 7) is 5.55. The van der Waals surface area contributed by atoms with Crippen LogP contribution in [0.2, 0.25) is 0 Å². The van der Waals surface area contributed by atoms with E-state index in [4.69, 9.17) is 4.74 Å². The predicted octanol–water partition coefficient (Wildman–Crippen LogP) is 2.53. The summed E-state index contributed by atoms with van der Waals surface area (Å²) in [5.74, 6) is 0.459. The van der Waals surface area contributed by atoms with Crippen molar-refractivity contribution in [2.75, 3.05) is 0 Å². The van der Waals surface area contributed by atoms with Crippen LogP contribution in [0.25, 0.3) is 0 Å². The van der Waals surface area contributed by atoms with Gasteiger partial charge in [-0.25, -0.2) is 0 Å². The van der Waals surface area contributed by atoms with Gasteiger partial charge in [-0.3, -0.25) is 0 Å². The third-order valence-corrected chi connectivity index (χ3v) is 4.18. The second-order valence-electron chi connectivity index (χ2n) is 5.71. The van der Waals surface area contributed by atoms with Crippen molar-refractivity contribution in [2.24, 2.45) is 0 Å². The van der Waals surface area contributed by atoms with Crippen LogP contribution in [0.15, 0.2) is 6.07 Å². The fraction of sp³-hybridized carbons (Fsp3) is 0.600. The van der Waals surface area contributed by atoms with Gasteiger partial charge in [0.25, 0.3) is 0 Å². The van der Waals surface area contributed by atoms with Crippen molar-refractivity contribution in [1.82, 2.24) is 0 Å². The second-order valence-corrected chi connectivity index (χ2v) is 5.71. The first-order chi connectivity index (χ1) is 8.82. The van der Waals surface area contributed by atoms with Gasteiger partial charge in [-0.15, -0.1) is 0 Å². The van der Waals surface area contributed by atoms with E-state index < -0.39 is 6.29 Å². The lowest BCUT2D eigenvalue weighted by molar-refractivity contribution is -0.132. The SMILES string of the molecule is Cc1c(O)cc(CCC2(C)CCC(O)O2)c(O)c1C. The predicted molar refractivity (Wildman–Crippen MR) is 72.3 cm³/mol. The molecule has 1 heterocycles. The van der Waals surface area contributed by atoms with E-state index in [1.165, 1.54) is 0 Å². The van der Waals surface area contributed by atoms with Crippen molar-refractivity contribution in [1.29, 1.82) is 0 Å². The molecule has 1 aliphatic rings. The molecule has 4 heteroatoms. The minimum atomic E-state index is -0.674. The van der Waals surface area contributed by atoms with Gasteiger partial charge in [0.2, 0.25) is 0 Å². The first-order valence-corrected chi connectivity index (χ1v) is 6.69. The van der Waals surface area contributed by atoms with Gasteiger partial charge in [-0.05, 0) is 62.8 Å². The van der Waals surface area contributed by atoms with E-state index in [0.29, 0.717) is 30.4 Å². The molecule has 0 spiro atoms. The summed E-state index contributed by atoms with van der Waals surface area (Å²) in [6, 6.07) is 1.62. The molecule has 106 valence electrons. The molecule has 0 aliphatic carbocycles. The molecule has 1 aromatic carbocycles. The number of rotatable bonds is 3. The average molecular weight is 266 g/mol. The number of phenolic OH excluding ortho intramolecular Hbond substituents is 2. The Morgan fingerprint density at radius 2 is 2.00 bits per heavy atom. The molecular formula is C15H22O4. The van der Waals surface area contributed by atoms with Gasteiger partial charge in [-0.2, -0.15) is 0 Å². The van der Waals surface area contributed by atoms with Crippen LogP contribution in [0, 0.1) is 13.8 Å². The molecule has 1 aromatic rings. The van der Waals surface area contributed by atoms with Gasteiger partial charge in [0.15, 0.2) is 6.29 Å². The highest BCUT2D eigenvalue weighted by Gasteiger charge is 2.34. The molecule has 1 aliphatic heterocycles. The zero-order valence-electron chi connectivity index (χ0n) is 11.7. The fourth-order valence-corrected chi connectivity index (χ4v) is 2.60. The van der Waals surface area contributed by atoms with Crippen molar-refractivity contribution in [2.45, 2.75) is 58.3 Å². The average Bonchev–Trinajstić information content (AvgIpc) is 2.70. The Kier molecular flexibility index (Phi) is 3.74. The van der Waals surface area contributed by atoms with Crippen LogP contribution in [0.5, 0.6) is 11.5 Å². The lowest BCUT2D eigenvalue weighted by atomic mass is 9.92. The summed E-state index contributed by atoms with van der Waals surface area (Å²) in [5.41, 5.74) is 1.81. The highest BCUT2D eigenvalue weighted by atomic mass is 16.6. The first-order valence-electron chi connectivity index (χ1n) is 6.69. The summed E-state index contributed by atoms with van der Waals surface area (Å²) < 4.78 is 5.51. The zero-order chi connectivity index (χ0) is 14.2. The number of hydrogen-bond acceptors (Lipinski definition) is 4. The van der Waals surface area contributed by atoms with E-state index in [2.05, 4.69) is 0 Å². The Balaban J connectivity index is 2.12. The van der Waals surface area contributed by atoms with E-state index in [-0.39, 0.29) is 17.1 Å². The molecule has 0 radical (unpaired) electrons. The number of benzene rings is 1. The van der Waals surface area contributed by atoms with E-state index in [9.17, 15) is 15.3 Å². The Bertz CT molecular complexity index is 484. The lowest BCUT2D eigenvalue weighted by Gasteiger charge is -2.24. The number of phenols is 2. The Hall–Kier alpha value is -1.26. The molecule has 2 unspecified atom stereocenters. The van der Waals surface area contributed by atoms with Gasteiger partial charge in [-0.1, -0.05) is 0 Å². The van der Waals surface area contributed by atoms with Crippen LogP contribution in [0.4, 0.5) is 0 Å². The Morgan fingerprint density at radius 3 is 2.58 bits per heavy atom. The lowest BCUT2D eigenvalue weighted by Crippen LogP contribution is -2.25. The van der Waals surface area contributed by atoms with E-state index in [1.54, 1.807) is 19.9 Å². The van der Waals surface area contributed by atoms with Gasteiger partial charge < -0.3 is 20.1 Å². The topological polar surface area (TPSA) is 69.9 Å². The van der Waals surface area contributed by atoms with Crippen molar-refractivity contribution < 1.29 is 20.1 Å². The third-order valence-electron chi connectivity index (χ3n) is 4.18. The smallest absolute Gasteiger partial charge is 0.155 e. The second kappa shape index (κ2) is 5.02. The normalized spacial score (nSPS) is 26.8. The van der Waals surface area contributed by atoms with Gasteiger partial charge >= 0.3 is 0 Å². The molecule has 0 saturated carbocycles. The monoisotopic (exact) mass is 266 g/mol. The highest BCUT2D eigenvalue weighted by Crippen LogP contribution is 2.36. The Morgan fingerprint density at radius 1 is 1.32 bits per heavy atom. The van der Waals surface area contributed by atoms with E-state index in [0.717, 1.165) is 12.0 Å². The number of aromatic hydroxyl groups is 2. The molecule has 2 rings (SSSR count). The van der Waals surface area contributed by atoms with Crippen LogP contribution in [-0.4, -0.2) is 27.2 Å². The quantitative estimate of drug-likeness (QED) is 0.735. The third kappa shape index (κ3) is 2.85. The zero-order valence-corrected chi connectivity index (χ0v) is 11.7. The van der Waals surface area contributed by atoms with Crippen LogP contribution >= 0.6 is 0 Å². The molecule has 0 amide bonds. The van der Waals surface area contributed by atoms with Gasteiger partial charge in [0.05, 0.1) is 5.60 Å². The molecular weight excluding hydrogens is 244 g/mol. The molecule has 2 atom stereocenters. The maximum absolute atomic E-state index is 10.1. The number of ether oxygens (including phenoxy) is 1. The summed E-state index contributed by atoms with van der Waals surface area (Å²) in [7, 11) is 0. The molecule has 0 bridgehead atoms. The molecule has 19 heavy (non-hydrogen) atoms. The van der Waals surface area contributed by atoms with Crippen LogP contribution in [0.1, 0.15) is 42.9 Å². The molecule has 3 N–H and O–H groups in total. The largest absolute Gasteiger partial charge is 0.508 e. The summed E-state index contributed by atoms with van der Waals surface area (Å²) >= 11 is 0. The number of aryl methyl sites for hydroxylation is 1. The molecule has 1 fully saturated rings. The van der Waals surface area contributed by atoms with Crippen molar-refractivity contribution >= 4 is 0 Å². The minimum absolute atomic E-state index is 0.211.